The van der Waals surface area contributed by atoms with Crippen molar-refractivity contribution in [1.82, 2.24) is 14.7 Å². The quantitative estimate of drug-likeness (QED) is 0.830. The van der Waals surface area contributed by atoms with Crippen molar-refractivity contribution in [2.45, 2.75) is 27.3 Å². The molecule has 4 nitrogen and oxygen atoms in total. The van der Waals surface area contributed by atoms with Gasteiger partial charge >= 0.3 is 0 Å². The van der Waals surface area contributed by atoms with Gasteiger partial charge in [-0.2, -0.15) is 0 Å². The zero-order valence-corrected chi connectivity index (χ0v) is 9.74. The summed E-state index contributed by atoms with van der Waals surface area (Å²) in [6, 6.07) is 2.10. The van der Waals surface area contributed by atoms with E-state index in [0.29, 0.717) is 6.54 Å². The van der Waals surface area contributed by atoms with Crippen LogP contribution < -0.4 is 5.32 Å². The zero-order chi connectivity index (χ0) is 11.7. The summed E-state index contributed by atoms with van der Waals surface area (Å²) in [5, 5.41) is 2.81. The molecule has 0 unspecified atom stereocenters. The maximum absolute atomic E-state index is 10.9. The van der Waals surface area contributed by atoms with Crippen molar-refractivity contribution in [3.8, 4) is 0 Å². The van der Waals surface area contributed by atoms with Crippen LogP contribution in [0.3, 0.4) is 0 Å². The Bertz CT molecular complexity index is 542. The fourth-order valence-corrected chi connectivity index (χ4v) is 1.89. The highest BCUT2D eigenvalue weighted by atomic mass is 16.1. The van der Waals surface area contributed by atoms with Gasteiger partial charge in [0.15, 0.2) is 0 Å². The molecular formula is C12H15N3O. The van der Waals surface area contributed by atoms with E-state index in [2.05, 4.69) is 16.4 Å². The SMILES string of the molecule is CC(=O)NCc1c(C)cc(C)n2ccnc12. The highest BCUT2D eigenvalue weighted by Crippen LogP contribution is 2.16. The first-order valence-corrected chi connectivity index (χ1v) is 5.26. The van der Waals surface area contributed by atoms with Crippen molar-refractivity contribution in [3.05, 3.63) is 35.3 Å². The summed E-state index contributed by atoms with van der Waals surface area (Å²) in [4.78, 5) is 15.3. The van der Waals surface area contributed by atoms with Crippen LogP contribution in [-0.2, 0) is 11.3 Å². The van der Waals surface area contributed by atoms with Crippen molar-refractivity contribution in [1.29, 1.82) is 0 Å². The Kier molecular flexibility index (Phi) is 2.64. The smallest absolute Gasteiger partial charge is 0.217 e. The Hall–Kier alpha value is -1.84. The molecule has 0 bridgehead atoms. The van der Waals surface area contributed by atoms with Gasteiger partial charge in [0.1, 0.15) is 5.65 Å². The lowest BCUT2D eigenvalue weighted by atomic mass is 10.1. The van der Waals surface area contributed by atoms with Gasteiger partial charge in [-0.05, 0) is 25.5 Å². The Balaban J connectivity index is 2.50. The number of nitrogens with one attached hydrogen (secondary N) is 1. The first-order valence-electron chi connectivity index (χ1n) is 5.26. The first kappa shape index (κ1) is 10.7. The van der Waals surface area contributed by atoms with Crippen LogP contribution in [0.15, 0.2) is 18.5 Å². The van der Waals surface area contributed by atoms with E-state index in [9.17, 15) is 4.79 Å². The lowest BCUT2D eigenvalue weighted by Gasteiger charge is -2.10. The van der Waals surface area contributed by atoms with Crippen molar-refractivity contribution in [2.75, 3.05) is 0 Å². The molecule has 0 spiro atoms. The Morgan fingerprint density at radius 3 is 2.94 bits per heavy atom. The average molecular weight is 217 g/mol. The van der Waals surface area contributed by atoms with Crippen LogP contribution in [0.2, 0.25) is 0 Å². The molecule has 2 heterocycles. The molecular weight excluding hydrogens is 202 g/mol. The standard InChI is InChI=1S/C12H15N3O/c1-8-6-9(2)15-5-4-13-12(15)11(8)7-14-10(3)16/h4-6H,7H2,1-3H3,(H,14,16). The van der Waals surface area contributed by atoms with Crippen LogP contribution in [0.4, 0.5) is 0 Å². The highest BCUT2D eigenvalue weighted by Gasteiger charge is 2.08. The lowest BCUT2D eigenvalue weighted by molar-refractivity contribution is -0.119. The van der Waals surface area contributed by atoms with Crippen LogP contribution in [0, 0.1) is 13.8 Å². The number of rotatable bonds is 2. The van der Waals surface area contributed by atoms with Gasteiger partial charge in [0, 0.05) is 37.1 Å². The number of pyridine rings is 1. The van der Waals surface area contributed by atoms with Crippen LogP contribution in [0.25, 0.3) is 5.65 Å². The third-order valence-corrected chi connectivity index (χ3v) is 2.71. The number of amides is 1. The molecule has 0 saturated heterocycles. The summed E-state index contributed by atoms with van der Waals surface area (Å²) < 4.78 is 2.03. The monoisotopic (exact) mass is 217 g/mol. The van der Waals surface area contributed by atoms with E-state index in [1.165, 1.54) is 6.92 Å². The number of hydrogen-bond donors (Lipinski definition) is 1. The molecule has 1 N–H and O–H groups in total. The molecule has 2 aromatic rings. The minimum Gasteiger partial charge on any atom is -0.352 e. The van der Waals surface area contributed by atoms with Gasteiger partial charge in [0.25, 0.3) is 0 Å². The molecule has 0 aromatic carbocycles. The van der Waals surface area contributed by atoms with Crippen molar-refractivity contribution < 1.29 is 4.79 Å². The van der Waals surface area contributed by atoms with Gasteiger partial charge in [-0.3, -0.25) is 4.79 Å². The van der Waals surface area contributed by atoms with Gasteiger partial charge in [0.2, 0.25) is 5.91 Å². The zero-order valence-electron chi connectivity index (χ0n) is 9.74. The highest BCUT2D eigenvalue weighted by molar-refractivity contribution is 5.73. The van der Waals surface area contributed by atoms with E-state index in [1.807, 2.05) is 24.4 Å². The molecule has 0 saturated carbocycles. The topological polar surface area (TPSA) is 46.4 Å². The van der Waals surface area contributed by atoms with Crippen molar-refractivity contribution >= 4 is 11.6 Å². The van der Waals surface area contributed by atoms with Crippen LogP contribution in [0.1, 0.15) is 23.7 Å². The van der Waals surface area contributed by atoms with E-state index in [-0.39, 0.29) is 5.91 Å². The largest absolute Gasteiger partial charge is 0.352 e. The van der Waals surface area contributed by atoms with E-state index in [0.717, 1.165) is 22.5 Å². The van der Waals surface area contributed by atoms with E-state index in [4.69, 9.17) is 0 Å². The molecule has 84 valence electrons. The van der Waals surface area contributed by atoms with Crippen LogP contribution in [-0.4, -0.2) is 15.3 Å². The summed E-state index contributed by atoms with van der Waals surface area (Å²) in [6.07, 6.45) is 3.71. The molecule has 0 atom stereocenters. The second kappa shape index (κ2) is 3.96. The maximum atomic E-state index is 10.9. The summed E-state index contributed by atoms with van der Waals surface area (Å²) >= 11 is 0. The van der Waals surface area contributed by atoms with Gasteiger partial charge in [-0.25, -0.2) is 4.98 Å². The van der Waals surface area contributed by atoms with Gasteiger partial charge in [-0.1, -0.05) is 0 Å². The fourth-order valence-electron chi connectivity index (χ4n) is 1.89. The molecule has 0 fully saturated rings. The number of aryl methyl sites for hydroxylation is 2. The van der Waals surface area contributed by atoms with Crippen molar-refractivity contribution in [3.63, 3.8) is 0 Å². The number of nitrogens with zero attached hydrogens (tertiary/aromatic N) is 2. The second-order valence-electron chi connectivity index (χ2n) is 3.98. The normalized spacial score (nSPS) is 10.7. The third-order valence-electron chi connectivity index (χ3n) is 2.71. The molecule has 0 aliphatic carbocycles. The minimum absolute atomic E-state index is 0.0234. The Morgan fingerprint density at radius 1 is 1.50 bits per heavy atom. The minimum atomic E-state index is -0.0234. The fraction of sp³-hybridized carbons (Fsp3) is 0.333. The molecule has 0 radical (unpaired) electrons. The molecule has 4 heteroatoms. The summed E-state index contributed by atoms with van der Waals surface area (Å²) in [5.41, 5.74) is 4.30. The predicted molar refractivity (Wildman–Crippen MR) is 62.2 cm³/mol. The van der Waals surface area contributed by atoms with Crippen LogP contribution >= 0.6 is 0 Å². The third kappa shape index (κ3) is 1.78. The lowest BCUT2D eigenvalue weighted by Crippen LogP contribution is -2.20. The van der Waals surface area contributed by atoms with Gasteiger partial charge < -0.3 is 9.72 Å². The number of carbonyl (C=O) groups is 1. The van der Waals surface area contributed by atoms with Crippen LogP contribution in [0.5, 0.6) is 0 Å². The number of hydrogen-bond acceptors (Lipinski definition) is 2. The molecule has 2 aromatic heterocycles. The van der Waals surface area contributed by atoms with E-state index >= 15 is 0 Å². The van der Waals surface area contributed by atoms with Gasteiger partial charge in [0.05, 0.1) is 0 Å². The molecule has 0 aliphatic heterocycles. The first-order chi connectivity index (χ1) is 7.59. The van der Waals surface area contributed by atoms with E-state index in [1.54, 1.807) is 6.20 Å². The summed E-state index contributed by atoms with van der Waals surface area (Å²) in [7, 11) is 0. The molecule has 2 rings (SSSR count). The van der Waals surface area contributed by atoms with Crippen molar-refractivity contribution in [2.24, 2.45) is 0 Å². The number of aromatic nitrogens is 2. The molecule has 0 aliphatic rings. The second-order valence-corrected chi connectivity index (χ2v) is 3.98. The number of imidazole rings is 1. The molecule has 16 heavy (non-hydrogen) atoms. The molecule has 1 amide bonds. The summed E-state index contributed by atoms with van der Waals surface area (Å²) in [5.74, 6) is -0.0234. The predicted octanol–water partition coefficient (Wildman–Crippen LogP) is 1.59. The maximum Gasteiger partial charge on any atom is 0.217 e. The Labute approximate surface area is 94.3 Å². The average Bonchev–Trinajstić information content (AvgIpc) is 2.65. The Morgan fingerprint density at radius 2 is 2.25 bits per heavy atom. The van der Waals surface area contributed by atoms with Gasteiger partial charge in [-0.15, -0.1) is 0 Å². The summed E-state index contributed by atoms with van der Waals surface area (Å²) in [6.45, 7) is 6.14. The number of fused-ring (bicyclic) bond motifs is 1. The number of carbonyl (C=O) groups excluding carboxylic acids is 1. The van der Waals surface area contributed by atoms with E-state index < -0.39 is 0 Å².